The van der Waals surface area contributed by atoms with Crippen LogP contribution in [0.4, 0.5) is 17.3 Å². The van der Waals surface area contributed by atoms with E-state index in [2.05, 4.69) is 30.5 Å². The van der Waals surface area contributed by atoms with E-state index >= 15 is 0 Å². The van der Waals surface area contributed by atoms with Crippen molar-refractivity contribution in [1.82, 2.24) is 30.2 Å². The van der Waals surface area contributed by atoms with Gasteiger partial charge in [-0.1, -0.05) is 0 Å². The van der Waals surface area contributed by atoms with Crippen molar-refractivity contribution < 1.29 is 4.74 Å². The van der Waals surface area contributed by atoms with Gasteiger partial charge in [0, 0.05) is 43.6 Å². The van der Waals surface area contributed by atoms with Gasteiger partial charge in [0.15, 0.2) is 5.82 Å². The number of fused-ring (bicyclic) bond motifs is 1. The zero-order chi connectivity index (χ0) is 21.9. The second-order valence-corrected chi connectivity index (χ2v) is 7.59. The van der Waals surface area contributed by atoms with E-state index in [1.165, 1.54) is 0 Å². The molecule has 9 nitrogen and oxygen atoms in total. The summed E-state index contributed by atoms with van der Waals surface area (Å²) < 4.78 is 5.59. The Kier molecular flexibility index (Phi) is 5.47. The molecule has 1 fully saturated rings. The molecule has 5 heterocycles. The minimum Gasteiger partial charge on any atom is -0.494 e. The fraction of sp³-hybridized carbons (Fsp3) is 0.261. The van der Waals surface area contributed by atoms with Crippen molar-refractivity contribution in [2.24, 2.45) is 0 Å². The molecule has 5 rings (SSSR count). The molecule has 0 radical (unpaired) electrons. The minimum absolute atomic E-state index is 0.619. The molecule has 1 saturated heterocycles. The first-order valence-corrected chi connectivity index (χ1v) is 10.5. The fourth-order valence-corrected chi connectivity index (χ4v) is 3.75. The van der Waals surface area contributed by atoms with Crippen LogP contribution in [-0.2, 0) is 0 Å². The average molecular weight is 429 g/mol. The molecule has 0 amide bonds. The van der Waals surface area contributed by atoms with Crippen molar-refractivity contribution in [3.05, 3.63) is 54.7 Å². The maximum atomic E-state index is 5.59. The molecule has 1 aliphatic heterocycles. The van der Waals surface area contributed by atoms with Crippen LogP contribution in [0.5, 0.6) is 5.75 Å². The predicted molar refractivity (Wildman–Crippen MR) is 124 cm³/mol. The Hall–Kier alpha value is -3.85. The highest BCUT2D eigenvalue weighted by molar-refractivity contribution is 5.95. The van der Waals surface area contributed by atoms with E-state index in [9.17, 15) is 0 Å². The number of pyridine rings is 3. The molecule has 0 spiro atoms. The lowest BCUT2D eigenvalue weighted by molar-refractivity contribution is 0.418. The first-order chi connectivity index (χ1) is 15.7. The molecule has 4 aromatic heterocycles. The van der Waals surface area contributed by atoms with Crippen molar-refractivity contribution in [2.75, 3.05) is 43.5 Å². The molecule has 0 saturated carbocycles. The van der Waals surface area contributed by atoms with Gasteiger partial charge >= 0.3 is 0 Å². The number of aryl methyl sites for hydroxylation is 1. The monoisotopic (exact) mass is 428 g/mol. The number of methoxy groups -OCH3 is 1. The van der Waals surface area contributed by atoms with Crippen molar-refractivity contribution in [1.29, 1.82) is 0 Å². The number of hydrogen-bond donors (Lipinski definition) is 2. The molecular weight excluding hydrogens is 404 g/mol. The predicted octanol–water partition coefficient (Wildman–Crippen LogP) is 2.95. The third-order valence-corrected chi connectivity index (χ3v) is 5.39. The Morgan fingerprint density at radius 3 is 2.69 bits per heavy atom. The van der Waals surface area contributed by atoms with Gasteiger partial charge in [-0.3, -0.25) is 9.97 Å². The Balaban J connectivity index is 1.57. The molecule has 32 heavy (non-hydrogen) atoms. The largest absolute Gasteiger partial charge is 0.494 e. The molecule has 0 aromatic carbocycles. The summed E-state index contributed by atoms with van der Waals surface area (Å²) in [6.07, 6.45) is 7.01. The highest BCUT2D eigenvalue weighted by atomic mass is 16.5. The summed E-state index contributed by atoms with van der Waals surface area (Å²) in [4.78, 5) is 25.1. The highest BCUT2D eigenvalue weighted by Crippen LogP contribution is 2.34. The third-order valence-electron chi connectivity index (χ3n) is 5.39. The average Bonchev–Trinajstić information content (AvgIpc) is 2.85. The second kappa shape index (κ2) is 8.72. The van der Waals surface area contributed by atoms with Crippen molar-refractivity contribution in [3.63, 3.8) is 0 Å². The summed E-state index contributed by atoms with van der Waals surface area (Å²) in [6.45, 7) is 5.49. The number of anilines is 3. The molecule has 1 aliphatic rings. The standard InChI is InChI=1S/C23H24N8O/c1-15-3-4-17(12-27-15)28-20-11-16(5-6-26-20)22-29-18-13-25-14-19(32-2)21(18)23(30-22)31-9-7-24-8-10-31/h3-6,11-14,24H,7-10H2,1-2H3,(H,26,28). The molecule has 0 atom stereocenters. The van der Waals surface area contributed by atoms with Crippen molar-refractivity contribution in [3.8, 4) is 17.1 Å². The second-order valence-electron chi connectivity index (χ2n) is 7.59. The topological polar surface area (TPSA) is 101 Å². The van der Waals surface area contributed by atoms with Crippen molar-refractivity contribution in [2.45, 2.75) is 6.92 Å². The third kappa shape index (κ3) is 4.02. The summed E-state index contributed by atoms with van der Waals surface area (Å²) in [5, 5.41) is 7.57. The summed E-state index contributed by atoms with van der Waals surface area (Å²) in [7, 11) is 1.65. The SMILES string of the molecule is COc1cncc2nc(-c3ccnc(Nc4ccc(C)nc4)c3)nc(N3CCNCC3)c12. The molecule has 162 valence electrons. The molecule has 4 aromatic rings. The maximum absolute atomic E-state index is 5.59. The molecule has 9 heteroatoms. The van der Waals surface area contributed by atoms with Gasteiger partial charge in [0.2, 0.25) is 0 Å². The van der Waals surface area contributed by atoms with E-state index < -0.39 is 0 Å². The Morgan fingerprint density at radius 1 is 1.03 bits per heavy atom. The Morgan fingerprint density at radius 2 is 1.91 bits per heavy atom. The number of nitrogens with one attached hydrogen (secondary N) is 2. The number of nitrogens with zero attached hydrogens (tertiary/aromatic N) is 6. The lowest BCUT2D eigenvalue weighted by Gasteiger charge is -2.29. The molecular formula is C23H24N8O. The summed E-state index contributed by atoms with van der Waals surface area (Å²) in [6, 6.07) is 7.79. The molecule has 0 aliphatic carbocycles. The number of rotatable bonds is 5. The van der Waals surface area contributed by atoms with Gasteiger partial charge in [-0.2, -0.15) is 0 Å². The zero-order valence-corrected chi connectivity index (χ0v) is 18.0. The van der Waals surface area contributed by atoms with Crippen LogP contribution in [0.1, 0.15) is 5.69 Å². The Labute approximate surface area is 185 Å². The number of aromatic nitrogens is 5. The highest BCUT2D eigenvalue weighted by Gasteiger charge is 2.20. The summed E-state index contributed by atoms with van der Waals surface area (Å²) >= 11 is 0. The van der Waals surface area contributed by atoms with Crippen LogP contribution in [0.2, 0.25) is 0 Å². The normalized spacial score (nSPS) is 13.9. The molecule has 2 N–H and O–H groups in total. The number of piperazine rings is 1. The summed E-state index contributed by atoms with van der Waals surface area (Å²) in [5.41, 5.74) is 3.45. The zero-order valence-electron chi connectivity index (χ0n) is 18.0. The molecule has 0 bridgehead atoms. The van der Waals surface area contributed by atoms with E-state index in [0.717, 1.165) is 59.8 Å². The van der Waals surface area contributed by atoms with Gasteiger partial charge in [0.25, 0.3) is 0 Å². The maximum Gasteiger partial charge on any atom is 0.162 e. The van der Waals surface area contributed by atoms with Crippen LogP contribution in [0.15, 0.2) is 49.1 Å². The van der Waals surface area contributed by atoms with E-state index in [-0.39, 0.29) is 0 Å². The van der Waals surface area contributed by atoms with Crippen LogP contribution in [-0.4, -0.2) is 58.2 Å². The van der Waals surface area contributed by atoms with Gasteiger partial charge in [-0.25, -0.2) is 15.0 Å². The van der Waals surface area contributed by atoms with Gasteiger partial charge in [0.05, 0.1) is 42.3 Å². The van der Waals surface area contributed by atoms with Gasteiger partial charge in [-0.05, 0) is 31.2 Å². The first kappa shape index (κ1) is 20.1. The minimum atomic E-state index is 0.619. The van der Waals surface area contributed by atoms with Gasteiger partial charge in [0.1, 0.15) is 17.4 Å². The van der Waals surface area contributed by atoms with E-state index in [0.29, 0.717) is 17.4 Å². The lowest BCUT2D eigenvalue weighted by Crippen LogP contribution is -2.44. The quantitative estimate of drug-likeness (QED) is 0.497. The fourth-order valence-electron chi connectivity index (χ4n) is 3.75. The van der Waals surface area contributed by atoms with Crippen LogP contribution in [0.25, 0.3) is 22.3 Å². The lowest BCUT2D eigenvalue weighted by atomic mass is 10.2. The van der Waals surface area contributed by atoms with E-state index in [4.69, 9.17) is 14.7 Å². The summed E-state index contributed by atoms with van der Waals surface area (Å²) in [5.74, 6) is 2.85. The van der Waals surface area contributed by atoms with Crippen LogP contribution < -0.4 is 20.3 Å². The Bertz CT molecular complexity index is 1240. The van der Waals surface area contributed by atoms with Crippen molar-refractivity contribution >= 4 is 28.2 Å². The van der Waals surface area contributed by atoms with Gasteiger partial charge in [-0.15, -0.1) is 0 Å². The van der Waals surface area contributed by atoms with Crippen LogP contribution >= 0.6 is 0 Å². The van der Waals surface area contributed by atoms with Crippen LogP contribution in [0.3, 0.4) is 0 Å². The smallest absolute Gasteiger partial charge is 0.162 e. The van der Waals surface area contributed by atoms with Crippen LogP contribution in [0, 0.1) is 6.92 Å². The van der Waals surface area contributed by atoms with Gasteiger partial charge < -0.3 is 20.3 Å². The number of hydrogen-bond acceptors (Lipinski definition) is 9. The number of ether oxygens (including phenoxy) is 1. The molecule has 0 unspecified atom stereocenters. The first-order valence-electron chi connectivity index (χ1n) is 10.5. The van der Waals surface area contributed by atoms with E-state index in [1.807, 2.05) is 31.2 Å². The van der Waals surface area contributed by atoms with E-state index in [1.54, 1.807) is 31.9 Å².